The van der Waals surface area contributed by atoms with Gasteiger partial charge in [-0.25, -0.2) is 0 Å². The van der Waals surface area contributed by atoms with Gasteiger partial charge in [0.1, 0.15) is 11.5 Å². The zero-order chi connectivity index (χ0) is 15.5. The summed E-state index contributed by atoms with van der Waals surface area (Å²) in [6.45, 7) is 0. The number of ether oxygens (including phenoxy) is 2. The van der Waals surface area contributed by atoms with Crippen molar-refractivity contribution in [1.82, 2.24) is 0 Å². The lowest BCUT2D eigenvalue weighted by Crippen LogP contribution is -2.11. The first-order chi connectivity index (χ1) is 10.7. The fraction of sp³-hybridized carbons (Fsp3) is 0.118. The van der Waals surface area contributed by atoms with Gasteiger partial charge in [-0.1, -0.05) is 18.2 Å². The van der Waals surface area contributed by atoms with Crippen LogP contribution in [0.25, 0.3) is 10.1 Å². The van der Waals surface area contributed by atoms with Crippen LogP contribution in [0.4, 0.5) is 5.69 Å². The minimum absolute atomic E-state index is 0.148. The van der Waals surface area contributed by atoms with Crippen LogP contribution in [-0.2, 0) is 0 Å². The molecule has 22 heavy (non-hydrogen) atoms. The smallest absolute Gasteiger partial charge is 0.265 e. The molecule has 0 bridgehead atoms. The topological polar surface area (TPSA) is 47.6 Å². The van der Waals surface area contributed by atoms with Crippen molar-refractivity contribution in [2.75, 3.05) is 19.5 Å². The molecular weight excluding hydrogens is 298 g/mol. The van der Waals surface area contributed by atoms with Crippen LogP contribution in [0.15, 0.2) is 48.5 Å². The second-order valence-electron chi connectivity index (χ2n) is 4.67. The normalized spacial score (nSPS) is 10.5. The highest BCUT2D eigenvalue weighted by Crippen LogP contribution is 2.31. The molecule has 0 unspecified atom stereocenters. The number of anilines is 1. The van der Waals surface area contributed by atoms with Crippen molar-refractivity contribution in [3.05, 3.63) is 53.4 Å². The number of rotatable bonds is 4. The first-order valence-electron chi connectivity index (χ1n) is 6.73. The average Bonchev–Trinajstić information content (AvgIpc) is 2.99. The van der Waals surface area contributed by atoms with Gasteiger partial charge in [-0.3, -0.25) is 4.79 Å². The summed E-state index contributed by atoms with van der Waals surface area (Å²) in [7, 11) is 3.15. The number of benzene rings is 2. The van der Waals surface area contributed by atoms with E-state index in [0.29, 0.717) is 22.1 Å². The van der Waals surface area contributed by atoms with Gasteiger partial charge in [0, 0.05) is 10.8 Å². The summed E-state index contributed by atoms with van der Waals surface area (Å²) in [4.78, 5) is 13.1. The van der Waals surface area contributed by atoms with Crippen LogP contribution < -0.4 is 14.8 Å². The van der Waals surface area contributed by atoms with Gasteiger partial charge in [0.2, 0.25) is 0 Å². The third kappa shape index (κ3) is 2.76. The molecule has 3 rings (SSSR count). The summed E-state index contributed by atoms with van der Waals surface area (Å²) >= 11 is 1.47. The fourth-order valence-corrected chi connectivity index (χ4v) is 3.14. The third-order valence-electron chi connectivity index (χ3n) is 3.31. The highest BCUT2D eigenvalue weighted by Gasteiger charge is 2.13. The van der Waals surface area contributed by atoms with E-state index < -0.39 is 0 Å². The number of carbonyl (C=O) groups excluding carboxylic acids is 1. The van der Waals surface area contributed by atoms with Gasteiger partial charge in [-0.05, 0) is 29.7 Å². The number of nitrogens with one attached hydrogen (secondary N) is 1. The van der Waals surface area contributed by atoms with Crippen molar-refractivity contribution in [3.63, 3.8) is 0 Å². The average molecular weight is 313 g/mol. The summed E-state index contributed by atoms with van der Waals surface area (Å²) < 4.78 is 11.5. The number of hydrogen-bond acceptors (Lipinski definition) is 4. The predicted octanol–water partition coefficient (Wildman–Crippen LogP) is 4.17. The first-order valence-corrected chi connectivity index (χ1v) is 7.55. The quantitative estimate of drug-likeness (QED) is 0.786. The van der Waals surface area contributed by atoms with Crippen molar-refractivity contribution >= 4 is 33.0 Å². The van der Waals surface area contributed by atoms with E-state index in [1.165, 1.54) is 11.3 Å². The van der Waals surface area contributed by atoms with Gasteiger partial charge in [0.05, 0.1) is 24.8 Å². The molecule has 0 aliphatic heterocycles. The molecule has 1 heterocycles. The van der Waals surface area contributed by atoms with Crippen LogP contribution in [0.1, 0.15) is 9.67 Å². The summed E-state index contributed by atoms with van der Waals surface area (Å²) in [6, 6.07) is 15.1. The van der Waals surface area contributed by atoms with Crippen LogP contribution in [0.3, 0.4) is 0 Å². The lowest BCUT2D eigenvalue weighted by molar-refractivity contribution is 0.103. The predicted molar refractivity (Wildman–Crippen MR) is 89.3 cm³/mol. The number of thiophene rings is 1. The Morgan fingerprint density at radius 1 is 1.05 bits per heavy atom. The molecule has 0 spiro atoms. The standard InChI is InChI=1S/C17H15NO3S/c1-20-12-7-8-13(14(10-12)21-2)18-17(19)16-9-11-5-3-4-6-15(11)22-16/h3-10H,1-2H3,(H,18,19). The van der Waals surface area contributed by atoms with Crippen molar-refractivity contribution in [2.45, 2.75) is 0 Å². The van der Waals surface area contributed by atoms with E-state index >= 15 is 0 Å². The van der Waals surface area contributed by atoms with Gasteiger partial charge in [0.15, 0.2) is 0 Å². The summed E-state index contributed by atoms with van der Waals surface area (Å²) in [5.41, 5.74) is 0.616. The fourth-order valence-electron chi connectivity index (χ4n) is 2.18. The van der Waals surface area contributed by atoms with Crippen molar-refractivity contribution in [2.24, 2.45) is 0 Å². The highest BCUT2D eigenvalue weighted by molar-refractivity contribution is 7.20. The molecule has 0 aliphatic rings. The number of hydrogen-bond donors (Lipinski definition) is 1. The Balaban J connectivity index is 1.87. The SMILES string of the molecule is COc1ccc(NC(=O)c2cc3ccccc3s2)c(OC)c1. The molecule has 1 aromatic heterocycles. The molecule has 1 amide bonds. The minimum Gasteiger partial charge on any atom is -0.497 e. The molecule has 112 valence electrons. The van der Waals surface area contributed by atoms with E-state index in [9.17, 15) is 4.79 Å². The molecule has 0 saturated carbocycles. The van der Waals surface area contributed by atoms with Crippen LogP contribution in [-0.4, -0.2) is 20.1 Å². The maximum absolute atomic E-state index is 12.4. The van der Waals surface area contributed by atoms with E-state index in [1.54, 1.807) is 32.4 Å². The maximum Gasteiger partial charge on any atom is 0.265 e. The molecule has 0 radical (unpaired) electrons. The second kappa shape index (κ2) is 6.07. The molecule has 0 atom stereocenters. The Labute approximate surface area is 132 Å². The maximum atomic E-state index is 12.4. The largest absolute Gasteiger partial charge is 0.497 e. The third-order valence-corrected chi connectivity index (χ3v) is 4.42. The van der Waals surface area contributed by atoms with Crippen molar-refractivity contribution < 1.29 is 14.3 Å². The number of fused-ring (bicyclic) bond motifs is 1. The summed E-state index contributed by atoms with van der Waals surface area (Å²) in [5, 5.41) is 3.95. The molecule has 0 fully saturated rings. The van der Waals surface area contributed by atoms with Gasteiger partial charge < -0.3 is 14.8 Å². The van der Waals surface area contributed by atoms with Crippen LogP contribution in [0.5, 0.6) is 11.5 Å². The number of methoxy groups -OCH3 is 2. The van der Waals surface area contributed by atoms with Gasteiger partial charge in [0.25, 0.3) is 5.91 Å². The summed E-state index contributed by atoms with van der Waals surface area (Å²) in [6.07, 6.45) is 0. The Morgan fingerprint density at radius 2 is 1.86 bits per heavy atom. The Kier molecular flexibility index (Phi) is 3.98. The Bertz CT molecular complexity index is 793. The monoisotopic (exact) mass is 313 g/mol. The zero-order valence-electron chi connectivity index (χ0n) is 12.3. The molecule has 1 N–H and O–H groups in total. The minimum atomic E-state index is -0.148. The Morgan fingerprint density at radius 3 is 2.59 bits per heavy atom. The van der Waals surface area contributed by atoms with Crippen molar-refractivity contribution in [3.8, 4) is 11.5 Å². The van der Waals surface area contributed by atoms with E-state index in [0.717, 1.165) is 10.1 Å². The number of carbonyl (C=O) groups is 1. The molecule has 3 aromatic rings. The Hall–Kier alpha value is -2.53. The molecule has 2 aromatic carbocycles. The second-order valence-corrected chi connectivity index (χ2v) is 5.75. The summed E-state index contributed by atoms with van der Waals surface area (Å²) in [5.74, 6) is 1.09. The van der Waals surface area contributed by atoms with Gasteiger partial charge in [-0.15, -0.1) is 11.3 Å². The lowest BCUT2D eigenvalue weighted by Gasteiger charge is -2.10. The molecule has 0 saturated heterocycles. The van der Waals surface area contributed by atoms with Gasteiger partial charge >= 0.3 is 0 Å². The van der Waals surface area contributed by atoms with E-state index in [2.05, 4.69) is 5.32 Å². The van der Waals surface area contributed by atoms with E-state index in [1.807, 2.05) is 30.3 Å². The molecule has 5 heteroatoms. The van der Waals surface area contributed by atoms with E-state index in [-0.39, 0.29) is 5.91 Å². The molecular formula is C17H15NO3S. The van der Waals surface area contributed by atoms with Crippen LogP contribution in [0, 0.1) is 0 Å². The van der Waals surface area contributed by atoms with Gasteiger partial charge in [-0.2, -0.15) is 0 Å². The zero-order valence-corrected chi connectivity index (χ0v) is 13.1. The number of amides is 1. The molecule has 4 nitrogen and oxygen atoms in total. The highest BCUT2D eigenvalue weighted by atomic mass is 32.1. The lowest BCUT2D eigenvalue weighted by atomic mass is 10.2. The van der Waals surface area contributed by atoms with Crippen LogP contribution in [0.2, 0.25) is 0 Å². The van der Waals surface area contributed by atoms with E-state index in [4.69, 9.17) is 9.47 Å². The van der Waals surface area contributed by atoms with Crippen LogP contribution >= 0.6 is 11.3 Å². The van der Waals surface area contributed by atoms with Crippen molar-refractivity contribution in [1.29, 1.82) is 0 Å². The molecule has 0 aliphatic carbocycles. The first kappa shape index (κ1) is 14.4.